The fourth-order valence-corrected chi connectivity index (χ4v) is 3.91. The first-order valence-electron chi connectivity index (χ1n) is 7.48. The Bertz CT molecular complexity index is 524. The van der Waals surface area contributed by atoms with Crippen molar-refractivity contribution in [1.82, 2.24) is 4.90 Å². The van der Waals surface area contributed by atoms with E-state index in [1.54, 1.807) is 18.2 Å². The van der Waals surface area contributed by atoms with Gasteiger partial charge < -0.3 is 9.84 Å². The van der Waals surface area contributed by atoms with Crippen LogP contribution < -0.4 is 0 Å². The van der Waals surface area contributed by atoms with Gasteiger partial charge in [0.15, 0.2) is 0 Å². The number of β-amino-alcohol motifs (C(OH)–C–C–N with tert-alkyl or cyclic N) is 1. The largest absolute Gasteiger partial charge is 0.389 e. The Hall–Kier alpha value is -0.820. The van der Waals surface area contributed by atoms with Crippen LogP contribution in [-0.4, -0.2) is 57.1 Å². The first-order chi connectivity index (χ1) is 10.4. The molecule has 1 aromatic carbocycles. The van der Waals surface area contributed by atoms with E-state index in [1.807, 2.05) is 13.8 Å². The molecule has 22 heavy (non-hydrogen) atoms. The predicted molar refractivity (Wildman–Crippen MR) is 85.6 cm³/mol. The van der Waals surface area contributed by atoms with E-state index < -0.39 is 16.9 Å². The molecule has 0 amide bonds. The molecule has 0 bridgehead atoms. The third kappa shape index (κ3) is 4.84. The number of hydrogen-bond donors (Lipinski definition) is 1. The highest BCUT2D eigenvalue weighted by Gasteiger charge is 2.33. The average Bonchev–Trinajstić information content (AvgIpc) is 2.45. The van der Waals surface area contributed by atoms with Crippen LogP contribution in [0.1, 0.15) is 19.4 Å². The van der Waals surface area contributed by atoms with Crippen LogP contribution >= 0.6 is 0 Å². The fourth-order valence-electron chi connectivity index (χ4n) is 2.60. The Balaban J connectivity index is 1.73. The molecule has 1 N–H and O–H groups in total. The Kier molecular flexibility index (Phi) is 6.09. The molecular formula is C16H24FNO3S. The average molecular weight is 329 g/mol. The van der Waals surface area contributed by atoms with Crippen molar-refractivity contribution in [2.24, 2.45) is 0 Å². The van der Waals surface area contributed by atoms with E-state index in [9.17, 15) is 13.7 Å². The van der Waals surface area contributed by atoms with Crippen molar-refractivity contribution in [3.63, 3.8) is 0 Å². The van der Waals surface area contributed by atoms with Gasteiger partial charge in [0.05, 0.1) is 24.1 Å². The van der Waals surface area contributed by atoms with E-state index >= 15 is 0 Å². The zero-order valence-corrected chi connectivity index (χ0v) is 13.9. The van der Waals surface area contributed by atoms with Crippen LogP contribution in [0.2, 0.25) is 0 Å². The van der Waals surface area contributed by atoms with Crippen LogP contribution in [-0.2, 0) is 22.1 Å². The molecule has 1 saturated heterocycles. The molecule has 2 atom stereocenters. The maximum absolute atomic E-state index is 13.4. The minimum atomic E-state index is -0.815. The molecule has 0 radical (unpaired) electrons. The summed E-state index contributed by atoms with van der Waals surface area (Å²) in [6, 6.07) is 6.46. The molecule has 1 fully saturated rings. The van der Waals surface area contributed by atoms with Gasteiger partial charge in [0, 0.05) is 41.8 Å². The van der Waals surface area contributed by atoms with E-state index in [-0.39, 0.29) is 23.8 Å². The van der Waals surface area contributed by atoms with Crippen molar-refractivity contribution in [2.75, 3.05) is 32.0 Å². The third-order valence-electron chi connectivity index (χ3n) is 3.81. The van der Waals surface area contributed by atoms with E-state index in [0.717, 1.165) is 6.54 Å². The summed E-state index contributed by atoms with van der Waals surface area (Å²) in [4.78, 5) is 2.11. The molecule has 2 unspecified atom stereocenters. The lowest BCUT2D eigenvalue weighted by atomic mass is 10.1. The van der Waals surface area contributed by atoms with Crippen LogP contribution in [0.25, 0.3) is 0 Å². The standard InChI is InChI=1S/C16H24FNO3S/c1-16(2)12-18(7-8-22(16)20)9-14(19)11-21-10-13-5-3-4-6-15(13)17/h3-6,14,19H,7-12H2,1-2H3. The number of nitrogens with zero attached hydrogens (tertiary/aromatic N) is 1. The highest BCUT2D eigenvalue weighted by Crippen LogP contribution is 2.20. The smallest absolute Gasteiger partial charge is 0.128 e. The summed E-state index contributed by atoms with van der Waals surface area (Å²) in [5.74, 6) is 0.341. The summed E-state index contributed by atoms with van der Waals surface area (Å²) in [7, 11) is -0.815. The second-order valence-corrected chi connectivity index (χ2v) is 8.51. The lowest BCUT2D eigenvalue weighted by Gasteiger charge is -2.38. The number of benzene rings is 1. The second-order valence-electron chi connectivity index (χ2n) is 6.30. The van der Waals surface area contributed by atoms with Gasteiger partial charge in [-0.25, -0.2) is 4.39 Å². The Labute approximate surface area is 133 Å². The maximum Gasteiger partial charge on any atom is 0.128 e. The van der Waals surface area contributed by atoms with Crippen molar-refractivity contribution >= 4 is 10.8 Å². The van der Waals surface area contributed by atoms with Gasteiger partial charge in [-0.05, 0) is 19.9 Å². The van der Waals surface area contributed by atoms with Crippen LogP contribution in [0.4, 0.5) is 4.39 Å². The molecule has 1 aliphatic rings. The molecule has 124 valence electrons. The molecule has 1 aliphatic heterocycles. The summed E-state index contributed by atoms with van der Waals surface area (Å²) in [6.45, 7) is 6.18. The van der Waals surface area contributed by atoms with Crippen molar-refractivity contribution < 1.29 is 18.4 Å². The highest BCUT2D eigenvalue weighted by molar-refractivity contribution is 7.86. The van der Waals surface area contributed by atoms with Crippen molar-refractivity contribution in [1.29, 1.82) is 0 Å². The van der Waals surface area contributed by atoms with Crippen LogP contribution in [0.3, 0.4) is 0 Å². The van der Waals surface area contributed by atoms with Crippen molar-refractivity contribution in [3.05, 3.63) is 35.6 Å². The number of aliphatic hydroxyl groups excluding tert-OH is 1. The molecule has 1 aromatic rings. The number of ether oxygens (including phenoxy) is 1. The summed E-state index contributed by atoms with van der Waals surface area (Å²) in [5.41, 5.74) is 0.490. The second kappa shape index (κ2) is 7.64. The lowest BCUT2D eigenvalue weighted by molar-refractivity contribution is 0.00835. The van der Waals surface area contributed by atoms with Gasteiger partial charge in [0.2, 0.25) is 0 Å². The minimum absolute atomic E-state index is 0.152. The number of halogens is 1. The lowest BCUT2D eigenvalue weighted by Crippen LogP contribution is -2.52. The summed E-state index contributed by atoms with van der Waals surface area (Å²) in [6.07, 6.45) is -0.630. The normalized spacial score (nSPS) is 23.4. The third-order valence-corrected chi connectivity index (χ3v) is 5.72. The molecular weight excluding hydrogens is 305 g/mol. The first kappa shape index (κ1) is 17.5. The molecule has 2 rings (SSSR count). The molecule has 6 heteroatoms. The van der Waals surface area contributed by atoms with Crippen LogP contribution in [0.5, 0.6) is 0 Å². The van der Waals surface area contributed by atoms with Crippen molar-refractivity contribution in [3.8, 4) is 0 Å². The van der Waals surface area contributed by atoms with Gasteiger partial charge in [-0.3, -0.25) is 9.11 Å². The van der Waals surface area contributed by atoms with E-state index in [2.05, 4.69) is 4.90 Å². The highest BCUT2D eigenvalue weighted by atomic mass is 32.2. The van der Waals surface area contributed by atoms with Gasteiger partial charge in [0.25, 0.3) is 0 Å². The van der Waals surface area contributed by atoms with Crippen LogP contribution in [0, 0.1) is 5.82 Å². The molecule has 0 aliphatic carbocycles. The minimum Gasteiger partial charge on any atom is -0.389 e. The maximum atomic E-state index is 13.4. The Morgan fingerprint density at radius 2 is 2.18 bits per heavy atom. The zero-order chi connectivity index (χ0) is 16.2. The predicted octanol–water partition coefficient (Wildman–Crippen LogP) is 1.55. The van der Waals surface area contributed by atoms with Gasteiger partial charge >= 0.3 is 0 Å². The first-order valence-corrected chi connectivity index (χ1v) is 8.80. The van der Waals surface area contributed by atoms with Gasteiger partial charge in [-0.1, -0.05) is 18.2 Å². The van der Waals surface area contributed by atoms with E-state index in [4.69, 9.17) is 4.74 Å². The zero-order valence-electron chi connectivity index (χ0n) is 13.1. The quantitative estimate of drug-likeness (QED) is 0.860. The topological polar surface area (TPSA) is 49.8 Å². The number of aliphatic hydroxyl groups is 1. The van der Waals surface area contributed by atoms with Gasteiger partial charge in [-0.2, -0.15) is 0 Å². The Morgan fingerprint density at radius 3 is 2.86 bits per heavy atom. The SMILES string of the molecule is CC1(C)CN(CC(O)COCc2ccccc2F)CCS1=O. The Morgan fingerprint density at radius 1 is 1.45 bits per heavy atom. The summed E-state index contributed by atoms with van der Waals surface area (Å²) in [5, 5.41) is 10.0. The molecule has 0 saturated carbocycles. The number of hydrogen-bond acceptors (Lipinski definition) is 4. The van der Waals surface area contributed by atoms with E-state index in [0.29, 0.717) is 24.4 Å². The van der Waals surface area contributed by atoms with Crippen molar-refractivity contribution in [2.45, 2.75) is 31.3 Å². The van der Waals surface area contributed by atoms with Crippen LogP contribution in [0.15, 0.2) is 24.3 Å². The molecule has 0 spiro atoms. The fraction of sp³-hybridized carbons (Fsp3) is 0.625. The van der Waals surface area contributed by atoms with E-state index in [1.165, 1.54) is 6.07 Å². The summed E-state index contributed by atoms with van der Waals surface area (Å²) < 4.78 is 30.5. The summed E-state index contributed by atoms with van der Waals surface area (Å²) >= 11 is 0. The monoisotopic (exact) mass is 329 g/mol. The molecule has 4 nitrogen and oxygen atoms in total. The molecule has 0 aromatic heterocycles. The number of rotatable bonds is 6. The molecule has 1 heterocycles. The van der Waals surface area contributed by atoms with Gasteiger partial charge in [-0.15, -0.1) is 0 Å². The van der Waals surface area contributed by atoms with Gasteiger partial charge in [0.1, 0.15) is 5.82 Å².